The van der Waals surface area contributed by atoms with Crippen molar-refractivity contribution in [2.24, 2.45) is 0 Å². The molecular formula is C7H18O11P2. The Labute approximate surface area is 114 Å². The maximum absolute atomic E-state index is 11.2. The van der Waals surface area contributed by atoms with Crippen molar-refractivity contribution in [3.05, 3.63) is 0 Å². The second-order valence-corrected chi connectivity index (χ2v) is 6.51. The van der Waals surface area contributed by atoms with Crippen LogP contribution >= 0.6 is 15.6 Å². The van der Waals surface area contributed by atoms with Gasteiger partial charge in [-0.2, -0.15) is 0 Å². The normalized spacial score (nSPS) is 20.9. The fourth-order valence-electron chi connectivity index (χ4n) is 0.731. The molecule has 5 N–H and O–H groups in total. The first-order chi connectivity index (χ1) is 9.12. The number of hydrogen-bond acceptors (Lipinski definition) is 9. The lowest BCUT2D eigenvalue weighted by atomic mass is 10.4. The Balaban J connectivity index is 4.01. The fourth-order valence-corrected chi connectivity index (χ4v) is 1.99. The van der Waals surface area contributed by atoms with Crippen LogP contribution < -0.4 is 0 Å². The molecule has 2 unspecified atom stereocenters. The molecule has 0 fully saturated rings. The number of aliphatic hydroxyl groups is 3. The summed E-state index contributed by atoms with van der Waals surface area (Å²) in [4.78, 5) is 18.0. The summed E-state index contributed by atoms with van der Waals surface area (Å²) >= 11 is 0. The van der Waals surface area contributed by atoms with Crippen molar-refractivity contribution in [3.63, 3.8) is 0 Å². The van der Waals surface area contributed by atoms with Crippen LogP contribution in [0.1, 0.15) is 0 Å². The molecule has 11 nitrogen and oxygen atoms in total. The van der Waals surface area contributed by atoms with Crippen LogP contribution in [-0.4, -0.2) is 70.9 Å². The average molecular weight is 340 g/mol. The van der Waals surface area contributed by atoms with Gasteiger partial charge in [0.15, 0.2) is 0 Å². The van der Waals surface area contributed by atoms with Gasteiger partial charge in [-0.15, -0.1) is 0 Å². The number of hydrogen-bond donors (Lipinski definition) is 5. The zero-order chi connectivity index (χ0) is 15.8. The maximum atomic E-state index is 11.2. The van der Waals surface area contributed by atoms with Gasteiger partial charge in [0.2, 0.25) is 0 Å². The minimum atomic E-state index is -4.53. The van der Waals surface area contributed by atoms with Gasteiger partial charge in [-0.25, -0.2) is 9.13 Å². The molecule has 0 radical (unpaired) electrons. The highest BCUT2D eigenvalue weighted by Crippen LogP contribution is 2.44. The quantitative estimate of drug-likeness (QED) is 0.280. The molecule has 0 saturated carbocycles. The number of phosphoric ester groups is 2. The summed E-state index contributed by atoms with van der Waals surface area (Å²) in [5.41, 5.74) is 0. The molecule has 0 amide bonds. The van der Waals surface area contributed by atoms with Crippen molar-refractivity contribution in [2.45, 2.75) is 12.2 Å². The van der Waals surface area contributed by atoms with E-state index in [-0.39, 0.29) is 0 Å². The summed E-state index contributed by atoms with van der Waals surface area (Å²) in [5.74, 6) is 0. The van der Waals surface area contributed by atoms with E-state index in [1.165, 1.54) is 0 Å². The Morgan fingerprint density at radius 2 is 1.30 bits per heavy atom. The first-order valence-electron chi connectivity index (χ1n) is 5.24. The summed E-state index contributed by atoms with van der Waals surface area (Å²) in [6.45, 7) is -2.72. The third-order valence-electron chi connectivity index (χ3n) is 1.73. The summed E-state index contributed by atoms with van der Waals surface area (Å²) in [6, 6.07) is 0. The molecule has 0 aliphatic carbocycles. The van der Waals surface area contributed by atoms with Crippen LogP contribution in [0.4, 0.5) is 0 Å². The highest BCUT2D eigenvalue weighted by Gasteiger charge is 2.26. The predicted molar refractivity (Wildman–Crippen MR) is 63.6 cm³/mol. The lowest BCUT2D eigenvalue weighted by molar-refractivity contribution is 0.0148. The first kappa shape index (κ1) is 20.1. The Hall–Kier alpha value is 0.1000. The molecule has 0 aliphatic rings. The molecule has 0 aliphatic heterocycles. The molecule has 0 heterocycles. The summed E-state index contributed by atoms with van der Waals surface area (Å²) in [5, 5.41) is 26.6. The largest absolute Gasteiger partial charge is 0.472 e. The topological polar surface area (TPSA) is 172 Å². The average Bonchev–Trinajstić information content (AvgIpc) is 2.40. The molecule has 122 valence electrons. The number of rotatable bonds is 11. The summed E-state index contributed by atoms with van der Waals surface area (Å²) in [7, 11) is -7.87. The zero-order valence-corrected chi connectivity index (χ0v) is 12.4. The number of aliphatic hydroxyl groups excluding tert-OH is 3. The molecule has 0 aromatic carbocycles. The second kappa shape index (κ2) is 9.19. The number of phosphoric acid groups is 2. The molecule has 0 saturated heterocycles. The van der Waals surface area contributed by atoms with Gasteiger partial charge in [-0.3, -0.25) is 18.1 Å². The van der Waals surface area contributed by atoms with Crippen LogP contribution in [0.5, 0.6) is 0 Å². The molecule has 0 spiro atoms. The molecule has 0 aromatic heterocycles. The van der Waals surface area contributed by atoms with E-state index in [1.807, 2.05) is 0 Å². The van der Waals surface area contributed by atoms with Gasteiger partial charge in [-0.1, -0.05) is 0 Å². The molecule has 4 atom stereocenters. The standard InChI is InChI=1S/C7H18O11P2/c1-15-19(11,12)16-4-7(10)5-18-20(13,14)17-3-6(9)2-8/h6-10H,2-5H2,1H3,(H,11,12)(H,13,14)/t6-,7-/m0/s1. The van der Waals surface area contributed by atoms with Gasteiger partial charge in [0.05, 0.1) is 26.4 Å². The van der Waals surface area contributed by atoms with Crippen LogP contribution in [0, 0.1) is 0 Å². The Kier molecular flexibility index (Phi) is 9.23. The van der Waals surface area contributed by atoms with Crippen molar-refractivity contribution >= 4 is 15.6 Å². The highest BCUT2D eigenvalue weighted by molar-refractivity contribution is 7.47. The van der Waals surface area contributed by atoms with Gasteiger partial charge < -0.3 is 25.1 Å². The van der Waals surface area contributed by atoms with Crippen LogP contribution in [0.15, 0.2) is 0 Å². The lowest BCUT2D eigenvalue weighted by Gasteiger charge is -2.17. The van der Waals surface area contributed by atoms with Crippen molar-refractivity contribution in [2.75, 3.05) is 33.5 Å². The van der Waals surface area contributed by atoms with E-state index in [1.54, 1.807) is 0 Å². The van der Waals surface area contributed by atoms with E-state index in [0.29, 0.717) is 0 Å². The van der Waals surface area contributed by atoms with Gasteiger partial charge in [0.25, 0.3) is 0 Å². The first-order valence-corrected chi connectivity index (χ1v) is 8.23. The second-order valence-electron chi connectivity index (χ2n) is 3.50. The van der Waals surface area contributed by atoms with Gasteiger partial charge >= 0.3 is 15.6 Å². The van der Waals surface area contributed by atoms with Crippen molar-refractivity contribution < 1.29 is 52.3 Å². The van der Waals surface area contributed by atoms with Crippen LogP contribution in [0.2, 0.25) is 0 Å². The highest BCUT2D eigenvalue weighted by atomic mass is 31.2. The maximum Gasteiger partial charge on any atom is 0.472 e. The van der Waals surface area contributed by atoms with E-state index >= 15 is 0 Å². The third-order valence-corrected chi connectivity index (χ3v) is 3.62. The molecule has 13 heteroatoms. The van der Waals surface area contributed by atoms with Crippen LogP contribution in [0.25, 0.3) is 0 Å². The predicted octanol–water partition coefficient (Wildman–Crippen LogP) is -1.40. The molecule has 0 aromatic rings. The summed E-state index contributed by atoms with van der Waals surface area (Å²) in [6.07, 6.45) is -2.84. The van der Waals surface area contributed by atoms with E-state index in [9.17, 15) is 14.2 Å². The monoisotopic (exact) mass is 340 g/mol. The molecule has 0 bridgehead atoms. The van der Waals surface area contributed by atoms with Crippen molar-refractivity contribution in [3.8, 4) is 0 Å². The molecule has 0 rings (SSSR count). The molecular weight excluding hydrogens is 322 g/mol. The van der Waals surface area contributed by atoms with Crippen molar-refractivity contribution in [1.29, 1.82) is 0 Å². The van der Waals surface area contributed by atoms with Crippen LogP contribution in [0.3, 0.4) is 0 Å². The lowest BCUT2D eigenvalue weighted by Crippen LogP contribution is -2.22. The van der Waals surface area contributed by atoms with E-state index in [0.717, 1.165) is 7.11 Å². The van der Waals surface area contributed by atoms with Gasteiger partial charge in [0, 0.05) is 7.11 Å². The van der Waals surface area contributed by atoms with E-state index in [2.05, 4.69) is 18.1 Å². The third kappa shape index (κ3) is 9.92. The minimum absolute atomic E-state index is 0.646. The summed E-state index contributed by atoms with van der Waals surface area (Å²) < 4.78 is 39.1. The Morgan fingerprint density at radius 1 is 0.900 bits per heavy atom. The Bertz CT molecular complexity index is 361. The van der Waals surface area contributed by atoms with E-state index in [4.69, 9.17) is 20.0 Å². The van der Waals surface area contributed by atoms with E-state index < -0.39 is 54.3 Å². The SMILES string of the molecule is COP(=O)(O)OC[C@H](O)COP(=O)(O)OC[C@@H](O)CO. The van der Waals surface area contributed by atoms with Crippen molar-refractivity contribution in [1.82, 2.24) is 0 Å². The van der Waals surface area contributed by atoms with Gasteiger partial charge in [0.1, 0.15) is 12.2 Å². The smallest absolute Gasteiger partial charge is 0.394 e. The molecule has 20 heavy (non-hydrogen) atoms. The van der Waals surface area contributed by atoms with Gasteiger partial charge in [-0.05, 0) is 0 Å². The van der Waals surface area contributed by atoms with Crippen LogP contribution in [-0.2, 0) is 27.2 Å². The zero-order valence-electron chi connectivity index (χ0n) is 10.6. The Morgan fingerprint density at radius 3 is 1.70 bits per heavy atom. The fraction of sp³-hybridized carbons (Fsp3) is 1.00. The minimum Gasteiger partial charge on any atom is -0.394 e.